The van der Waals surface area contributed by atoms with Crippen molar-refractivity contribution in [2.75, 3.05) is 0 Å². The van der Waals surface area contributed by atoms with Crippen LogP contribution in [0.4, 0.5) is 5.69 Å². The Hall–Kier alpha value is -3.42. The second-order valence-electron chi connectivity index (χ2n) is 4.22. The van der Waals surface area contributed by atoms with E-state index in [1.807, 2.05) is 0 Å². The molecule has 2 aromatic carbocycles. The van der Waals surface area contributed by atoms with Crippen LogP contribution in [0.5, 0.6) is 11.5 Å². The number of carbonyl (C=O) groups is 1. The molecule has 0 unspecified atom stereocenters. The van der Waals surface area contributed by atoms with E-state index in [0.717, 1.165) is 12.3 Å². The summed E-state index contributed by atoms with van der Waals surface area (Å²) >= 11 is 0. The highest BCUT2D eigenvalue weighted by molar-refractivity contribution is 5.95. The van der Waals surface area contributed by atoms with E-state index < -0.39 is 10.8 Å². The molecule has 0 bridgehead atoms. The second-order valence-corrected chi connectivity index (χ2v) is 4.22. The van der Waals surface area contributed by atoms with Crippen molar-refractivity contribution in [3.05, 3.63) is 63.7 Å². The number of phenols is 2. The van der Waals surface area contributed by atoms with Crippen molar-refractivity contribution in [2.45, 2.75) is 0 Å². The van der Waals surface area contributed by atoms with Crippen LogP contribution >= 0.6 is 0 Å². The van der Waals surface area contributed by atoms with Gasteiger partial charge >= 0.3 is 0 Å². The Morgan fingerprint density at radius 2 is 1.95 bits per heavy atom. The summed E-state index contributed by atoms with van der Waals surface area (Å²) in [5, 5.41) is 33.1. The zero-order chi connectivity index (χ0) is 16.1. The first kappa shape index (κ1) is 15.0. The third-order valence-corrected chi connectivity index (χ3v) is 2.73. The molecule has 22 heavy (non-hydrogen) atoms. The number of non-ortho nitro benzene ring substituents is 1. The van der Waals surface area contributed by atoms with E-state index in [0.29, 0.717) is 0 Å². The van der Waals surface area contributed by atoms with E-state index in [2.05, 4.69) is 10.5 Å². The van der Waals surface area contributed by atoms with Crippen molar-refractivity contribution in [3.8, 4) is 11.5 Å². The normalized spacial score (nSPS) is 10.5. The maximum Gasteiger partial charge on any atom is 0.271 e. The third kappa shape index (κ3) is 3.37. The minimum atomic E-state index is -0.639. The van der Waals surface area contributed by atoms with Gasteiger partial charge in [0.05, 0.1) is 11.1 Å². The molecule has 0 aliphatic rings. The predicted molar refractivity (Wildman–Crippen MR) is 77.9 cm³/mol. The van der Waals surface area contributed by atoms with Crippen LogP contribution in [-0.2, 0) is 0 Å². The van der Waals surface area contributed by atoms with E-state index in [4.69, 9.17) is 0 Å². The average Bonchev–Trinajstić information content (AvgIpc) is 2.51. The smallest absolute Gasteiger partial charge is 0.271 e. The molecule has 0 aliphatic carbocycles. The summed E-state index contributed by atoms with van der Waals surface area (Å²) in [5.74, 6) is -1.32. The number of nitrogens with one attached hydrogen (secondary N) is 1. The number of rotatable bonds is 4. The van der Waals surface area contributed by atoms with Gasteiger partial charge in [-0.2, -0.15) is 5.10 Å². The first-order valence-electron chi connectivity index (χ1n) is 6.08. The topological polar surface area (TPSA) is 125 Å². The summed E-state index contributed by atoms with van der Waals surface area (Å²) < 4.78 is 0. The van der Waals surface area contributed by atoms with Gasteiger partial charge < -0.3 is 10.2 Å². The number of hydrogen-bond donors (Lipinski definition) is 3. The third-order valence-electron chi connectivity index (χ3n) is 2.73. The van der Waals surface area contributed by atoms with Crippen LogP contribution < -0.4 is 5.43 Å². The number of hydrogen-bond acceptors (Lipinski definition) is 6. The SMILES string of the molecule is O=C(NN=Cc1cccc(O)c1O)c1cccc([N+](=O)[O-])c1. The van der Waals surface area contributed by atoms with Crippen LogP contribution in [0.1, 0.15) is 15.9 Å². The van der Waals surface area contributed by atoms with Crippen molar-refractivity contribution in [2.24, 2.45) is 5.10 Å². The number of phenolic OH excluding ortho intramolecular Hbond substituents is 2. The number of hydrazone groups is 1. The number of para-hydroxylation sites is 1. The maximum atomic E-state index is 11.8. The molecule has 0 fully saturated rings. The largest absolute Gasteiger partial charge is 0.504 e. The molecule has 0 spiro atoms. The highest BCUT2D eigenvalue weighted by Gasteiger charge is 2.10. The molecule has 0 radical (unpaired) electrons. The lowest BCUT2D eigenvalue weighted by atomic mass is 10.2. The Labute approximate surface area is 124 Å². The number of nitro benzene ring substituents is 1. The molecule has 0 heterocycles. The zero-order valence-electron chi connectivity index (χ0n) is 11.1. The molecule has 1 amide bonds. The number of nitro groups is 1. The molecule has 0 saturated carbocycles. The molecular formula is C14H11N3O5. The quantitative estimate of drug-likeness (QED) is 0.343. The van der Waals surface area contributed by atoms with Gasteiger partial charge in [0, 0.05) is 23.3 Å². The van der Waals surface area contributed by atoms with Crippen molar-refractivity contribution in [3.63, 3.8) is 0 Å². The molecule has 0 saturated heterocycles. The van der Waals surface area contributed by atoms with Gasteiger partial charge in [0.1, 0.15) is 0 Å². The van der Waals surface area contributed by atoms with Crippen molar-refractivity contribution in [1.82, 2.24) is 5.43 Å². The lowest BCUT2D eigenvalue weighted by Crippen LogP contribution is -2.17. The number of amides is 1. The van der Waals surface area contributed by atoms with Crippen LogP contribution in [0.2, 0.25) is 0 Å². The summed E-state index contributed by atoms with van der Waals surface area (Å²) in [6.45, 7) is 0. The maximum absolute atomic E-state index is 11.8. The molecule has 112 valence electrons. The van der Waals surface area contributed by atoms with Gasteiger partial charge in [-0.3, -0.25) is 14.9 Å². The van der Waals surface area contributed by atoms with Gasteiger partial charge in [0.2, 0.25) is 0 Å². The summed E-state index contributed by atoms with van der Waals surface area (Å²) in [7, 11) is 0. The van der Waals surface area contributed by atoms with E-state index in [-0.39, 0.29) is 28.3 Å². The zero-order valence-corrected chi connectivity index (χ0v) is 11.1. The van der Waals surface area contributed by atoms with Crippen LogP contribution in [0.15, 0.2) is 47.6 Å². The Morgan fingerprint density at radius 1 is 1.23 bits per heavy atom. The number of nitrogens with zero attached hydrogens (tertiary/aromatic N) is 2. The van der Waals surface area contributed by atoms with Crippen molar-refractivity contribution in [1.29, 1.82) is 0 Å². The summed E-state index contributed by atoms with van der Waals surface area (Å²) in [4.78, 5) is 21.8. The highest BCUT2D eigenvalue weighted by atomic mass is 16.6. The highest BCUT2D eigenvalue weighted by Crippen LogP contribution is 2.26. The number of aromatic hydroxyl groups is 2. The van der Waals surface area contributed by atoms with Crippen LogP contribution in [0.3, 0.4) is 0 Å². The molecule has 0 atom stereocenters. The Balaban J connectivity index is 2.09. The lowest BCUT2D eigenvalue weighted by molar-refractivity contribution is -0.384. The fourth-order valence-electron chi connectivity index (χ4n) is 1.64. The van der Waals surface area contributed by atoms with Crippen LogP contribution in [-0.4, -0.2) is 27.3 Å². The molecular weight excluding hydrogens is 290 g/mol. The Kier molecular flexibility index (Phi) is 4.33. The minimum Gasteiger partial charge on any atom is -0.504 e. The Morgan fingerprint density at radius 3 is 2.68 bits per heavy atom. The molecule has 3 N–H and O–H groups in total. The van der Waals surface area contributed by atoms with Gasteiger partial charge in [-0.05, 0) is 18.2 Å². The minimum absolute atomic E-state index is 0.0754. The average molecular weight is 301 g/mol. The second kappa shape index (κ2) is 6.35. The monoisotopic (exact) mass is 301 g/mol. The van der Waals surface area contributed by atoms with Gasteiger partial charge in [-0.15, -0.1) is 0 Å². The van der Waals surface area contributed by atoms with Crippen molar-refractivity contribution >= 4 is 17.8 Å². The summed E-state index contributed by atoms with van der Waals surface area (Å²) in [5.41, 5.74) is 2.25. The van der Waals surface area contributed by atoms with E-state index in [1.165, 1.54) is 36.4 Å². The van der Waals surface area contributed by atoms with Gasteiger partial charge in [0.15, 0.2) is 11.5 Å². The fraction of sp³-hybridized carbons (Fsp3) is 0. The number of carbonyl (C=O) groups excluding carboxylic acids is 1. The standard InChI is InChI=1S/C14H11N3O5/c18-12-6-2-4-10(13(12)19)8-15-16-14(20)9-3-1-5-11(7-9)17(21)22/h1-8,18-19H,(H,16,20). The van der Waals surface area contributed by atoms with E-state index in [1.54, 1.807) is 0 Å². The van der Waals surface area contributed by atoms with Gasteiger partial charge in [0.25, 0.3) is 11.6 Å². The molecule has 2 aromatic rings. The molecule has 0 aromatic heterocycles. The first-order chi connectivity index (χ1) is 10.5. The van der Waals surface area contributed by atoms with Gasteiger partial charge in [-0.1, -0.05) is 12.1 Å². The fourth-order valence-corrected chi connectivity index (χ4v) is 1.64. The predicted octanol–water partition coefficient (Wildman–Crippen LogP) is 1.77. The van der Waals surface area contributed by atoms with Crippen LogP contribution in [0, 0.1) is 10.1 Å². The molecule has 2 rings (SSSR count). The number of benzene rings is 2. The molecule has 8 heteroatoms. The van der Waals surface area contributed by atoms with Crippen molar-refractivity contribution < 1.29 is 19.9 Å². The molecule has 0 aliphatic heterocycles. The van der Waals surface area contributed by atoms with E-state index in [9.17, 15) is 25.1 Å². The van der Waals surface area contributed by atoms with Crippen LogP contribution in [0.25, 0.3) is 0 Å². The summed E-state index contributed by atoms with van der Waals surface area (Å²) in [6.07, 6.45) is 1.14. The lowest BCUT2D eigenvalue weighted by Gasteiger charge is -2.01. The van der Waals surface area contributed by atoms with E-state index >= 15 is 0 Å². The Bertz CT molecular complexity index is 758. The first-order valence-corrected chi connectivity index (χ1v) is 6.08. The summed E-state index contributed by atoms with van der Waals surface area (Å²) in [6, 6.07) is 9.47. The molecule has 8 nitrogen and oxygen atoms in total. The van der Waals surface area contributed by atoms with Gasteiger partial charge in [-0.25, -0.2) is 5.43 Å².